The highest BCUT2D eigenvalue weighted by atomic mass is 15.0. The van der Waals surface area contributed by atoms with Crippen LogP contribution in [-0.4, -0.2) is 10.5 Å². The molecule has 1 N–H and O–H groups in total. The largest absolute Gasteiger partial charge is 0.306 e. The lowest BCUT2D eigenvalue weighted by Crippen LogP contribution is -2.39. The Labute approximate surface area is 92.1 Å². The maximum atomic E-state index is 4.41. The first kappa shape index (κ1) is 10.6. The third-order valence-corrected chi connectivity index (χ3v) is 3.51. The molecule has 0 bridgehead atoms. The molecule has 0 spiro atoms. The van der Waals surface area contributed by atoms with Gasteiger partial charge in [0.15, 0.2) is 0 Å². The Morgan fingerprint density at radius 3 is 2.80 bits per heavy atom. The number of nitrogens with zero attached hydrogens (tertiary/aromatic N) is 1. The first-order valence-electron chi connectivity index (χ1n) is 5.85. The number of hydrogen-bond acceptors (Lipinski definition) is 2. The van der Waals surface area contributed by atoms with Crippen LogP contribution in [-0.2, 0) is 6.54 Å². The van der Waals surface area contributed by atoms with Crippen molar-refractivity contribution >= 4 is 0 Å². The first-order valence-corrected chi connectivity index (χ1v) is 5.85. The Bertz CT molecular complexity index is 327. The van der Waals surface area contributed by atoms with E-state index >= 15 is 0 Å². The summed E-state index contributed by atoms with van der Waals surface area (Å²) in [5.41, 5.74) is 2.82. The summed E-state index contributed by atoms with van der Waals surface area (Å²) in [7, 11) is 0. The quantitative estimate of drug-likeness (QED) is 0.819. The standard InChI is InChI=1S/C13H20N2/c1-11-6-5-9-14-12(11)10-15-13(2)7-3-4-8-13/h5-6,9,15H,3-4,7-8,10H2,1-2H3. The van der Waals surface area contributed by atoms with Crippen LogP contribution in [0.1, 0.15) is 43.9 Å². The molecule has 0 unspecified atom stereocenters. The van der Waals surface area contributed by atoms with Crippen molar-refractivity contribution in [3.05, 3.63) is 29.6 Å². The van der Waals surface area contributed by atoms with E-state index in [-0.39, 0.29) is 0 Å². The van der Waals surface area contributed by atoms with Crippen LogP contribution in [0.15, 0.2) is 18.3 Å². The monoisotopic (exact) mass is 204 g/mol. The molecule has 2 nitrogen and oxygen atoms in total. The Hall–Kier alpha value is -0.890. The Kier molecular flexibility index (Phi) is 3.06. The van der Waals surface area contributed by atoms with Crippen molar-refractivity contribution in [2.24, 2.45) is 0 Å². The molecule has 15 heavy (non-hydrogen) atoms. The van der Waals surface area contributed by atoms with E-state index in [0.717, 1.165) is 6.54 Å². The third-order valence-electron chi connectivity index (χ3n) is 3.51. The van der Waals surface area contributed by atoms with E-state index < -0.39 is 0 Å². The van der Waals surface area contributed by atoms with Crippen molar-refractivity contribution < 1.29 is 0 Å². The van der Waals surface area contributed by atoms with Gasteiger partial charge >= 0.3 is 0 Å². The maximum absolute atomic E-state index is 4.41. The number of aryl methyl sites for hydroxylation is 1. The lowest BCUT2D eigenvalue weighted by atomic mass is 10.0. The number of nitrogens with one attached hydrogen (secondary N) is 1. The lowest BCUT2D eigenvalue weighted by Gasteiger charge is -2.25. The van der Waals surface area contributed by atoms with Crippen molar-refractivity contribution in [3.63, 3.8) is 0 Å². The van der Waals surface area contributed by atoms with Gasteiger partial charge in [0.05, 0.1) is 5.69 Å². The van der Waals surface area contributed by atoms with Crippen molar-refractivity contribution in [1.29, 1.82) is 0 Å². The second-order valence-electron chi connectivity index (χ2n) is 4.89. The van der Waals surface area contributed by atoms with Gasteiger partial charge in [-0.05, 0) is 38.3 Å². The van der Waals surface area contributed by atoms with Gasteiger partial charge in [-0.25, -0.2) is 0 Å². The Morgan fingerprint density at radius 1 is 1.40 bits per heavy atom. The fourth-order valence-corrected chi connectivity index (χ4v) is 2.33. The molecule has 0 amide bonds. The third kappa shape index (κ3) is 2.57. The molecule has 1 aliphatic rings. The number of aromatic nitrogens is 1. The van der Waals surface area contributed by atoms with E-state index in [2.05, 4.69) is 30.2 Å². The normalized spacial score (nSPS) is 19.3. The highest BCUT2D eigenvalue weighted by molar-refractivity contribution is 5.17. The molecule has 1 heterocycles. The average Bonchev–Trinajstić information content (AvgIpc) is 2.65. The fraction of sp³-hybridized carbons (Fsp3) is 0.615. The molecule has 0 atom stereocenters. The first-order chi connectivity index (χ1) is 7.20. The van der Waals surface area contributed by atoms with E-state index in [1.54, 1.807) is 0 Å². The van der Waals surface area contributed by atoms with Gasteiger partial charge in [-0.3, -0.25) is 4.98 Å². The van der Waals surface area contributed by atoms with Crippen LogP contribution >= 0.6 is 0 Å². The van der Waals surface area contributed by atoms with Crippen LogP contribution in [0.5, 0.6) is 0 Å². The molecule has 1 aromatic rings. The van der Waals surface area contributed by atoms with Crippen molar-refractivity contribution in [1.82, 2.24) is 10.3 Å². The second-order valence-corrected chi connectivity index (χ2v) is 4.89. The molecule has 1 fully saturated rings. The molecule has 1 aromatic heterocycles. The molecule has 1 saturated carbocycles. The predicted octanol–water partition coefficient (Wildman–Crippen LogP) is 2.81. The van der Waals surface area contributed by atoms with E-state index in [1.165, 1.54) is 36.9 Å². The SMILES string of the molecule is Cc1cccnc1CNC1(C)CCCC1. The molecule has 2 heteroatoms. The zero-order valence-electron chi connectivity index (χ0n) is 9.71. The van der Waals surface area contributed by atoms with Gasteiger partial charge in [-0.2, -0.15) is 0 Å². The molecule has 2 rings (SSSR count). The van der Waals surface area contributed by atoms with Crippen LogP contribution in [0, 0.1) is 6.92 Å². The predicted molar refractivity (Wildman–Crippen MR) is 62.7 cm³/mol. The van der Waals surface area contributed by atoms with Crippen molar-refractivity contribution in [2.45, 2.75) is 51.6 Å². The summed E-state index contributed by atoms with van der Waals surface area (Å²) in [4.78, 5) is 4.41. The molecule has 82 valence electrons. The molecular formula is C13H20N2. The fourth-order valence-electron chi connectivity index (χ4n) is 2.33. The van der Waals surface area contributed by atoms with Gasteiger partial charge in [0.2, 0.25) is 0 Å². The minimum absolute atomic E-state index is 0.351. The summed E-state index contributed by atoms with van der Waals surface area (Å²) in [6, 6.07) is 4.12. The molecule has 1 aliphatic carbocycles. The van der Waals surface area contributed by atoms with Crippen LogP contribution < -0.4 is 5.32 Å². The Balaban J connectivity index is 1.95. The molecule has 0 aromatic carbocycles. The number of rotatable bonds is 3. The van der Waals surface area contributed by atoms with E-state index in [4.69, 9.17) is 0 Å². The summed E-state index contributed by atoms with van der Waals surface area (Å²) in [6.45, 7) is 5.36. The molecule has 0 radical (unpaired) electrons. The average molecular weight is 204 g/mol. The minimum atomic E-state index is 0.351. The Morgan fingerprint density at radius 2 is 2.13 bits per heavy atom. The van der Waals surface area contributed by atoms with E-state index in [1.807, 2.05) is 12.3 Å². The van der Waals surface area contributed by atoms with Crippen LogP contribution in [0.4, 0.5) is 0 Å². The van der Waals surface area contributed by atoms with Gasteiger partial charge < -0.3 is 5.32 Å². The van der Waals surface area contributed by atoms with Crippen molar-refractivity contribution in [3.8, 4) is 0 Å². The zero-order valence-corrected chi connectivity index (χ0v) is 9.71. The second kappa shape index (κ2) is 4.31. The minimum Gasteiger partial charge on any atom is -0.306 e. The number of pyridine rings is 1. The van der Waals surface area contributed by atoms with E-state index in [9.17, 15) is 0 Å². The van der Waals surface area contributed by atoms with Gasteiger partial charge in [-0.15, -0.1) is 0 Å². The van der Waals surface area contributed by atoms with Gasteiger partial charge in [-0.1, -0.05) is 18.9 Å². The maximum Gasteiger partial charge on any atom is 0.0570 e. The molecule has 0 aliphatic heterocycles. The summed E-state index contributed by atoms with van der Waals surface area (Å²) >= 11 is 0. The summed E-state index contributed by atoms with van der Waals surface area (Å²) in [6.07, 6.45) is 7.22. The van der Waals surface area contributed by atoms with E-state index in [0.29, 0.717) is 5.54 Å². The van der Waals surface area contributed by atoms with Gasteiger partial charge in [0.25, 0.3) is 0 Å². The lowest BCUT2D eigenvalue weighted by molar-refractivity contribution is 0.360. The number of hydrogen-bond donors (Lipinski definition) is 1. The highest BCUT2D eigenvalue weighted by Gasteiger charge is 2.27. The smallest absolute Gasteiger partial charge is 0.0570 e. The van der Waals surface area contributed by atoms with Crippen LogP contribution in [0.3, 0.4) is 0 Å². The summed E-state index contributed by atoms with van der Waals surface area (Å²) < 4.78 is 0. The van der Waals surface area contributed by atoms with Gasteiger partial charge in [0, 0.05) is 18.3 Å². The van der Waals surface area contributed by atoms with Crippen LogP contribution in [0.25, 0.3) is 0 Å². The van der Waals surface area contributed by atoms with Crippen molar-refractivity contribution in [2.75, 3.05) is 0 Å². The summed E-state index contributed by atoms with van der Waals surface area (Å²) in [5, 5.41) is 3.65. The zero-order chi connectivity index (χ0) is 10.7. The molecule has 0 saturated heterocycles. The molecular weight excluding hydrogens is 184 g/mol. The van der Waals surface area contributed by atoms with Crippen LogP contribution in [0.2, 0.25) is 0 Å². The summed E-state index contributed by atoms with van der Waals surface area (Å²) in [5.74, 6) is 0. The van der Waals surface area contributed by atoms with Gasteiger partial charge in [0.1, 0.15) is 0 Å². The topological polar surface area (TPSA) is 24.9 Å². The highest BCUT2D eigenvalue weighted by Crippen LogP contribution is 2.29.